The van der Waals surface area contributed by atoms with Gasteiger partial charge in [0.25, 0.3) is 0 Å². The van der Waals surface area contributed by atoms with Crippen LogP contribution in [0.15, 0.2) is 0 Å². The first kappa shape index (κ1) is 16.2. The molecule has 112 valence electrons. The van der Waals surface area contributed by atoms with Gasteiger partial charge in [-0.15, -0.1) is 0 Å². The smallest absolute Gasteiger partial charge is 0.393 e. The summed E-state index contributed by atoms with van der Waals surface area (Å²) >= 11 is 0. The molecular weight excluding hydrogens is 261 g/mol. The minimum Gasteiger partial charge on any atom is -0.465 e. The predicted octanol–water partition coefficient (Wildman–Crippen LogP) is 1.54. The van der Waals surface area contributed by atoms with E-state index >= 15 is 0 Å². The molecule has 1 saturated heterocycles. The third-order valence-corrected chi connectivity index (χ3v) is 3.26. The fourth-order valence-corrected chi connectivity index (χ4v) is 2.29. The van der Waals surface area contributed by atoms with E-state index in [-0.39, 0.29) is 26.1 Å². The monoisotopic (exact) mass is 282 g/mol. The van der Waals surface area contributed by atoms with E-state index in [2.05, 4.69) is 0 Å². The van der Waals surface area contributed by atoms with Crippen molar-refractivity contribution in [3.63, 3.8) is 0 Å². The Morgan fingerprint density at radius 2 is 2.11 bits per heavy atom. The van der Waals surface area contributed by atoms with Gasteiger partial charge in [0.2, 0.25) is 0 Å². The third kappa shape index (κ3) is 4.65. The Kier molecular flexibility index (Phi) is 5.20. The maximum Gasteiger partial charge on any atom is 0.393 e. The molecule has 0 spiro atoms. The fourth-order valence-electron chi connectivity index (χ4n) is 2.29. The maximum absolute atomic E-state index is 12.7. The van der Waals surface area contributed by atoms with Crippen LogP contribution < -0.4 is 5.73 Å². The molecule has 2 atom stereocenters. The highest BCUT2D eigenvalue weighted by molar-refractivity contribution is 5.80. The van der Waals surface area contributed by atoms with Crippen LogP contribution in [0.4, 0.5) is 13.2 Å². The van der Waals surface area contributed by atoms with Crippen LogP contribution in [-0.4, -0.2) is 48.8 Å². The molecule has 19 heavy (non-hydrogen) atoms. The molecule has 2 N–H and O–H groups in total. The zero-order chi connectivity index (χ0) is 14.7. The van der Waals surface area contributed by atoms with E-state index in [0.29, 0.717) is 13.0 Å². The third-order valence-electron chi connectivity index (χ3n) is 3.26. The highest BCUT2D eigenvalue weighted by atomic mass is 19.4. The molecule has 0 saturated carbocycles. The van der Waals surface area contributed by atoms with E-state index in [0.717, 1.165) is 0 Å². The Morgan fingerprint density at radius 1 is 1.47 bits per heavy atom. The number of rotatable bonds is 4. The molecule has 1 aliphatic heterocycles. The van der Waals surface area contributed by atoms with Crippen molar-refractivity contribution in [1.82, 2.24) is 4.90 Å². The predicted molar refractivity (Wildman–Crippen MR) is 64.4 cm³/mol. The van der Waals surface area contributed by atoms with E-state index in [4.69, 9.17) is 10.5 Å². The molecule has 0 aromatic carbocycles. The number of ether oxygens (including phenoxy) is 1. The zero-order valence-corrected chi connectivity index (χ0v) is 11.3. The Bertz CT molecular complexity index is 319. The molecule has 1 rings (SSSR count). The van der Waals surface area contributed by atoms with Gasteiger partial charge in [-0.2, -0.15) is 13.2 Å². The second-order valence-corrected chi connectivity index (χ2v) is 5.25. The van der Waals surface area contributed by atoms with Crippen molar-refractivity contribution >= 4 is 5.97 Å². The van der Waals surface area contributed by atoms with Gasteiger partial charge in [0.1, 0.15) is 5.54 Å². The number of esters is 1. The zero-order valence-electron chi connectivity index (χ0n) is 11.3. The van der Waals surface area contributed by atoms with E-state index in [9.17, 15) is 18.0 Å². The van der Waals surface area contributed by atoms with E-state index in [1.54, 1.807) is 11.8 Å². The van der Waals surface area contributed by atoms with Gasteiger partial charge in [0, 0.05) is 13.1 Å². The highest BCUT2D eigenvalue weighted by Gasteiger charge is 2.43. The van der Waals surface area contributed by atoms with Gasteiger partial charge in [-0.3, -0.25) is 4.79 Å². The first-order valence-electron chi connectivity index (χ1n) is 6.42. The number of alkyl halides is 3. The Hall–Kier alpha value is -0.820. The highest BCUT2D eigenvalue weighted by Crippen LogP contribution is 2.33. The lowest BCUT2D eigenvalue weighted by Gasteiger charge is -2.37. The Labute approximate surface area is 111 Å². The lowest BCUT2D eigenvalue weighted by Crippen LogP contribution is -2.56. The van der Waals surface area contributed by atoms with Crippen LogP contribution in [0, 0.1) is 5.92 Å². The van der Waals surface area contributed by atoms with Crippen LogP contribution >= 0.6 is 0 Å². The SMILES string of the molecule is CCOC(=O)C(C)(N)CN1CCCC(C(F)(F)F)C1. The van der Waals surface area contributed by atoms with Crippen LogP contribution in [0.5, 0.6) is 0 Å². The van der Waals surface area contributed by atoms with Crippen LogP contribution in [0.1, 0.15) is 26.7 Å². The van der Waals surface area contributed by atoms with Crippen LogP contribution in [0.25, 0.3) is 0 Å². The molecule has 2 unspecified atom stereocenters. The number of likely N-dealkylation sites (tertiary alicyclic amines) is 1. The van der Waals surface area contributed by atoms with Crippen molar-refractivity contribution in [2.75, 3.05) is 26.2 Å². The van der Waals surface area contributed by atoms with E-state index in [1.165, 1.54) is 6.92 Å². The average Bonchev–Trinajstić information content (AvgIpc) is 2.28. The first-order chi connectivity index (χ1) is 8.66. The summed E-state index contributed by atoms with van der Waals surface area (Å²) < 4.78 is 42.9. The van der Waals surface area contributed by atoms with Crippen LogP contribution in [0.2, 0.25) is 0 Å². The number of halogens is 3. The molecule has 0 aliphatic carbocycles. The number of carbonyl (C=O) groups excluding carboxylic acids is 1. The molecule has 7 heteroatoms. The van der Waals surface area contributed by atoms with Gasteiger partial charge < -0.3 is 15.4 Å². The molecule has 0 bridgehead atoms. The van der Waals surface area contributed by atoms with E-state index in [1.807, 2.05) is 0 Å². The summed E-state index contributed by atoms with van der Waals surface area (Å²) in [6.07, 6.45) is -3.59. The summed E-state index contributed by atoms with van der Waals surface area (Å²) in [6, 6.07) is 0. The van der Waals surface area contributed by atoms with Gasteiger partial charge in [-0.1, -0.05) is 0 Å². The number of nitrogens with zero attached hydrogens (tertiary/aromatic N) is 1. The standard InChI is InChI=1S/C12H21F3N2O2/c1-3-19-10(18)11(2,16)8-17-6-4-5-9(7-17)12(13,14)15/h9H,3-8,16H2,1-2H3. The van der Waals surface area contributed by atoms with Crippen molar-refractivity contribution in [2.24, 2.45) is 11.7 Å². The van der Waals surface area contributed by atoms with Crippen LogP contribution in [0.3, 0.4) is 0 Å². The topological polar surface area (TPSA) is 55.6 Å². The molecule has 0 aromatic heterocycles. The molecule has 0 amide bonds. The molecule has 4 nitrogen and oxygen atoms in total. The number of hydrogen-bond donors (Lipinski definition) is 1. The normalized spacial score (nSPS) is 24.8. The van der Waals surface area contributed by atoms with Gasteiger partial charge in [-0.25, -0.2) is 0 Å². The largest absolute Gasteiger partial charge is 0.465 e. The number of nitrogens with two attached hydrogens (primary N) is 1. The summed E-state index contributed by atoms with van der Waals surface area (Å²) in [5, 5.41) is 0. The molecular formula is C12H21F3N2O2. The summed E-state index contributed by atoms with van der Waals surface area (Å²) in [4.78, 5) is 13.2. The lowest BCUT2D eigenvalue weighted by atomic mass is 9.95. The van der Waals surface area contributed by atoms with Gasteiger partial charge >= 0.3 is 12.1 Å². The summed E-state index contributed by atoms with van der Waals surface area (Å²) in [7, 11) is 0. The maximum atomic E-state index is 12.7. The first-order valence-corrected chi connectivity index (χ1v) is 6.42. The summed E-state index contributed by atoms with van der Waals surface area (Å²) in [6.45, 7) is 3.86. The Morgan fingerprint density at radius 3 is 2.63 bits per heavy atom. The quantitative estimate of drug-likeness (QED) is 0.795. The van der Waals surface area contributed by atoms with Crippen molar-refractivity contribution < 1.29 is 22.7 Å². The van der Waals surface area contributed by atoms with Crippen molar-refractivity contribution in [2.45, 2.75) is 38.4 Å². The van der Waals surface area contributed by atoms with E-state index < -0.39 is 23.6 Å². The summed E-state index contributed by atoms with van der Waals surface area (Å²) in [5.41, 5.74) is 4.56. The van der Waals surface area contributed by atoms with Crippen molar-refractivity contribution in [3.05, 3.63) is 0 Å². The molecule has 0 radical (unpaired) electrons. The minimum atomic E-state index is -4.19. The average molecular weight is 282 g/mol. The van der Waals surface area contributed by atoms with Gasteiger partial charge in [-0.05, 0) is 33.2 Å². The van der Waals surface area contributed by atoms with Crippen LogP contribution in [-0.2, 0) is 9.53 Å². The minimum absolute atomic E-state index is 0.0818. The second kappa shape index (κ2) is 6.09. The van der Waals surface area contributed by atoms with Gasteiger partial charge in [0.05, 0.1) is 12.5 Å². The molecule has 1 fully saturated rings. The molecule has 0 aromatic rings. The number of hydrogen-bond acceptors (Lipinski definition) is 4. The van der Waals surface area contributed by atoms with Gasteiger partial charge in [0.15, 0.2) is 0 Å². The number of carbonyl (C=O) groups is 1. The summed E-state index contributed by atoms with van der Waals surface area (Å²) in [5.74, 6) is -1.91. The second-order valence-electron chi connectivity index (χ2n) is 5.25. The van der Waals surface area contributed by atoms with Crippen molar-refractivity contribution in [1.29, 1.82) is 0 Å². The Balaban J connectivity index is 2.59. The number of piperidine rings is 1. The fraction of sp³-hybridized carbons (Fsp3) is 0.917. The lowest BCUT2D eigenvalue weighted by molar-refractivity contribution is -0.187. The molecule has 1 heterocycles. The molecule has 1 aliphatic rings. The van der Waals surface area contributed by atoms with Crippen molar-refractivity contribution in [3.8, 4) is 0 Å².